The lowest BCUT2D eigenvalue weighted by Crippen LogP contribution is -2.41. The van der Waals surface area contributed by atoms with Crippen molar-refractivity contribution in [2.75, 3.05) is 13.1 Å². The summed E-state index contributed by atoms with van der Waals surface area (Å²) in [4.78, 5) is 23.8. The summed E-state index contributed by atoms with van der Waals surface area (Å²) < 4.78 is 5.24. The van der Waals surface area contributed by atoms with Crippen molar-refractivity contribution < 1.29 is 14.3 Å². The summed E-state index contributed by atoms with van der Waals surface area (Å²) in [5.74, 6) is 0.115. The van der Waals surface area contributed by atoms with Gasteiger partial charge in [-0.3, -0.25) is 0 Å². The molecule has 0 aromatic heterocycles. The van der Waals surface area contributed by atoms with Crippen molar-refractivity contribution in [2.45, 2.75) is 53.1 Å². The van der Waals surface area contributed by atoms with Crippen molar-refractivity contribution >= 4 is 12.4 Å². The standard InChI is InChI=1S/C11H19NO3.C2H6/c1-11(2,3)15-10(14)12-6-4-9(8-13)5-7-12;1-2/h8-9H,4-7H2,1-3H3;1-2H3. The zero-order chi connectivity index (χ0) is 13.5. The van der Waals surface area contributed by atoms with Crippen LogP contribution in [-0.2, 0) is 9.53 Å². The third kappa shape index (κ3) is 6.29. The maximum atomic E-state index is 11.6. The molecule has 1 fully saturated rings. The van der Waals surface area contributed by atoms with Crippen LogP contribution in [0.3, 0.4) is 0 Å². The van der Waals surface area contributed by atoms with Crippen molar-refractivity contribution in [1.82, 2.24) is 4.90 Å². The maximum Gasteiger partial charge on any atom is 0.410 e. The predicted molar refractivity (Wildman–Crippen MR) is 67.9 cm³/mol. The normalized spacial score (nSPS) is 16.9. The molecule has 0 unspecified atom stereocenters. The number of carbonyl (C=O) groups excluding carboxylic acids is 2. The molecule has 0 bridgehead atoms. The van der Waals surface area contributed by atoms with Crippen LogP contribution in [0.5, 0.6) is 0 Å². The number of ether oxygens (including phenoxy) is 1. The molecule has 1 rings (SSSR count). The van der Waals surface area contributed by atoms with Crippen LogP contribution in [0, 0.1) is 5.92 Å². The average molecular weight is 243 g/mol. The van der Waals surface area contributed by atoms with E-state index in [9.17, 15) is 9.59 Å². The van der Waals surface area contributed by atoms with Crippen molar-refractivity contribution in [3.8, 4) is 0 Å². The first-order valence-electron chi connectivity index (χ1n) is 6.35. The van der Waals surface area contributed by atoms with Gasteiger partial charge in [-0.1, -0.05) is 13.8 Å². The summed E-state index contributed by atoms with van der Waals surface area (Å²) in [5.41, 5.74) is -0.446. The van der Waals surface area contributed by atoms with Gasteiger partial charge >= 0.3 is 6.09 Å². The van der Waals surface area contributed by atoms with Crippen LogP contribution < -0.4 is 0 Å². The molecule has 100 valence electrons. The predicted octanol–water partition coefficient (Wildman–Crippen LogP) is 2.86. The van der Waals surface area contributed by atoms with Gasteiger partial charge in [-0.2, -0.15) is 0 Å². The molecule has 0 aromatic rings. The second-order valence-electron chi connectivity index (χ2n) is 4.94. The molecule has 0 aromatic carbocycles. The number of likely N-dealkylation sites (tertiary alicyclic amines) is 1. The molecule has 1 aliphatic heterocycles. The van der Waals surface area contributed by atoms with Gasteiger partial charge in [0.15, 0.2) is 0 Å². The van der Waals surface area contributed by atoms with Crippen LogP contribution in [0.15, 0.2) is 0 Å². The van der Waals surface area contributed by atoms with Gasteiger partial charge in [-0.25, -0.2) is 4.79 Å². The molecule has 0 aliphatic carbocycles. The first kappa shape index (κ1) is 15.9. The zero-order valence-corrected chi connectivity index (χ0v) is 11.7. The number of carbonyl (C=O) groups is 2. The minimum Gasteiger partial charge on any atom is -0.444 e. The van der Waals surface area contributed by atoms with Crippen LogP contribution in [0.2, 0.25) is 0 Å². The largest absolute Gasteiger partial charge is 0.444 e. The lowest BCUT2D eigenvalue weighted by atomic mass is 9.99. The van der Waals surface area contributed by atoms with Crippen LogP contribution in [0.25, 0.3) is 0 Å². The van der Waals surface area contributed by atoms with E-state index in [2.05, 4.69) is 0 Å². The zero-order valence-electron chi connectivity index (χ0n) is 11.7. The van der Waals surface area contributed by atoms with Gasteiger partial charge in [0.25, 0.3) is 0 Å². The van der Waals surface area contributed by atoms with Crippen LogP contribution in [0.4, 0.5) is 4.79 Å². The summed E-state index contributed by atoms with van der Waals surface area (Å²) in [6, 6.07) is 0. The Morgan fingerprint density at radius 2 is 1.71 bits per heavy atom. The monoisotopic (exact) mass is 243 g/mol. The number of aldehydes is 1. The van der Waals surface area contributed by atoms with Crippen molar-refractivity contribution in [3.05, 3.63) is 0 Å². The molecule has 0 radical (unpaired) electrons. The van der Waals surface area contributed by atoms with Gasteiger partial charge in [0.05, 0.1) is 0 Å². The number of piperidine rings is 1. The van der Waals surface area contributed by atoms with Gasteiger partial charge in [-0.15, -0.1) is 0 Å². The first-order valence-corrected chi connectivity index (χ1v) is 6.35. The van der Waals surface area contributed by atoms with Crippen LogP contribution in [-0.4, -0.2) is 36.0 Å². The molecule has 1 aliphatic rings. The first-order chi connectivity index (χ1) is 7.92. The van der Waals surface area contributed by atoms with E-state index in [1.54, 1.807) is 4.90 Å². The van der Waals surface area contributed by atoms with Gasteiger partial charge in [0, 0.05) is 19.0 Å². The van der Waals surface area contributed by atoms with E-state index in [1.165, 1.54) is 0 Å². The highest BCUT2D eigenvalue weighted by atomic mass is 16.6. The maximum absolute atomic E-state index is 11.6. The molecule has 0 N–H and O–H groups in total. The fourth-order valence-electron chi connectivity index (χ4n) is 1.54. The Morgan fingerprint density at radius 1 is 1.24 bits per heavy atom. The number of hydrogen-bond donors (Lipinski definition) is 0. The molecule has 0 saturated carbocycles. The Bertz CT molecular complexity index is 238. The van der Waals surface area contributed by atoms with E-state index >= 15 is 0 Å². The molecule has 4 nitrogen and oxygen atoms in total. The molecule has 1 heterocycles. The van der Waals surface area contributed by atoms with E-state index in [4.69, 9.17) is 4.74 Å². The van der Waals surface area contributed by atoms with Crippen molar-refractivity contribution in [1.29, 1.82) is 0 Å². The third-order valence-corrected chi connectivity index (χ3v) is 2.38. The fourth-order valence-corrected chi connectivity index (χ4v) is 1.54. The molecule has 0 atom stereocenters. The van der Waals surface area contributed by atoms with E-state index in [-0.39, 0.29) is 12.0 Å². The molecule has 1 amide bonds. The van der Waals surface area contributed by atoms with Gasteiger partial charge in [0.1, 0.15) is 11.9 Å². The van der Waals surface area contributed by atoms with Gasteiger partial charge in [0.2, 0.25) is 0 Å². The average Bonchev–Trinajstić information content (AvgIpc) is 2.29. The summed E-state index contributed by atoms with van der Waals surface area (Å²) in [7, 11) is 0. The molecule has 4 heteroatoms. The highest BCUT2D eigenvalue weighted by Gasteiger charge is 2.26. The lowest BCUT2D eigenvalue weighted by molar-refractivity contribution is -0.112. The van der Waals surface area contributed by atoms with E-state index in [0.717, 1.165) is 19.1 Å². The summed E-state index contributed by atoms with van der Waals surface area (Å²) in [6.07, 6.45) is 2.21. The summed E-state index contributed by atoms with van der Waals surface area (Å²) >= 11 is 0. The van der Waals surface area contributed by atoms with Crippen molar-refractivity contribution in [3.63, 3.8) is 0 Å². The number of hydrogen-bond acceptors (Lipinski definition) is 3. The summed E-state index contributed by atoms with van der Waals surface area (Å²) in [5, 5.41) is 0. The Hall–Kier alpha value is -1.06. The number of nitrogens with zero attached hydrogens (tertiary/aromatic N) is 1. The van der Waals surface area contributed by atoms with Gasteiger partial charge < -0.3 is 14.4 Å². The Morgan fingerprint density at radius 3 is 2.06 bits per heavy atom. The number of rotatable bonds is 1. The van der Waals surface area contributed by atoms with Crippen LogP contribution >= 0.6 is 0 Å². The molecular weight excluding hydrogens is 218 g/mol. The van der Waals surface area contributed by atoms with Gasteiger partial charge in [-0.05, 0) is 33.6 Å². The topological polar surface area (TPSA) is 46.6 Å². The molecule has 0 spiro atoms. The number of amides is 1. The van der Waals surface area contributed by atoms with E-state index < -0.39 is 5.60 Å². The third-order valence-electron chi connectivity index (χ3n) is 2.38. The lowest BCUT2D eigenvalue weighted by Gasteiger charge is -2.31. The molecular formula is C13H25NO3. The summed E-state index contributed by atoms with van der Waals surface area (Å²) in [6.45, 7) is 10.8. The SMILES string of the molecule is CC.CC(C)(C)OC(=O)N1CCC(C=O)CC1. The minimum absolute atomic E-state index is 0.115. The minimum atomic E-state index is -0.446. The second kappa shape index (κ2) is 7.30. The van der Waals surface area contributed by atoms with Crippen LogP contribution in [0.1, 0.15) is 47.5 Å². The highest BCUT2D eigenvalue weighted by Crippen LogP contribution is 2.17. The second-order valence-corrected chi connectivity index (χ2v) is 4.94. The van der Waals surface area contributed by atoms with Crippen molar-refractivity contribution in [2.24, 2.45) is 5.92 Å². The smallest absolute Gasteiger partial charge is 0.410 e. The van der Waals surface area contributed by atoms with E-state index in [0.29, 0.717) is 13.1 Å². The highest BCUT2D eigenvalue weighted by molar-refractivity contribution is 5.68. The quantitative estimate of drug-likeness (QED) is 0.665. The Balaban J connectivity index is 0.00000121. The fraction of sp³-hybridized carbons (Fsp3) is 0.846. The Kier molecular flexibility index (Phi) is 6.85. The Labute approximate surface area is 104 Å². The van der Waals surface area contributed by atoms with E-state index in [1.807, 2.05) is 34.6 Å². The molecule has 17 heavy (non-hydrogen) atoms. The molecule has 1 saturated heterocycles.